The molecule has 0 fully saturated rings. The quantitative estimate of drug-likeness (QED) is 0.138. The van der Waals surface area contributed by atoms with Gasteiger partial charge in [0.25, 0.3) is 0 Å². The van der Waals surface area contributed by atoms with Crippen LogP contribution in [0.2, 0.25) is 0 Å². The molecule has 24 rings (SSSR count). The van der Waals surface area contributed by atoms with Gasteiger partial charge in [-0.1, -0.05) is 80.2 Å². The summed E-state index contributed by atoms with van der Waals surface area (Å²) in [5.41, 5.74) is 11.7. The molecule has 0 amide bonds. The molecule has 25 nitrogen and oxygen atoms in total. The summed E-state index contributed by atoms with van der Waals surface area (Å²) in [6.45, 7) is 0. The summed E-state index contributed by atoms with van der Waals surface area (Å²) in [4.78, 5) is 31.9. The third kappa shape index (κ3) is 21.4. The molecule has 22 aromatic heterocycles. The van der Waals surface area contributed by atoms with Gasteiger partial charge in [-0.25, -0.2) is 57.0 Å². The summed E-state index contributed by atoms with van der Waals surface area (Å²) >= 11 is 0. The number of benzene rings is 2. The molecule has 24 aromatic rings. The van der Waals surface area contributed by atoms with Crippen LogP contribution in [0.5, 0.6) is 0 Å². The molecule has 110 heavy (non-hydrogen) atoms. The second-order valence-corrected chi connectivity index (χ2v) is 22.9. The lowest BCUT2D eigenvalue weighted by Gasteiger charge is -1.92. The van der Waals surface area contributed by atoms with E-state index < -0.39 is 0 Å². The van der Waals surface area contributed by atoms with E-state index in [2.05, 4.69) is 136 Å². The van der Waals surface area contributed by atoms with Crippen molar-refractivity contribution in [2.45, 2.75) is 7.43 Å². The number of hydrogen-bond acceptors (Lipinski definition) is 14. The van der Waals surface area contributed by atoms with Crippen LogP contribution >= 0.6 is 0 Å². The van der Waals surface area contributed by atoms with Gasteiger partial charge in [0.2, 0.25) is 0 Å². The molecular formula is C85H75N25. The maximum absolute atomic E-state index is 4.10. The van der Waals surface area contributed by atoms with Crippen LogP contribution in [0.25, 0.3) is 72.0 Å². The molecule has 0 spiro atoms. The van der Waals surface area contributed by atoms with Crippen molar-refractivity contribution < 1.29 is 0 Å². The molecule has 25 heteroatoms. The molecule has 0 atom stereocenters. The zero-order valence-electron chi connectivity index (χ0n) is 58.7. The molecule has 0 saturated carbocycles. The van der Waals surface area contributed by atoms with Crippen LogP contribution in [0.3, 0.4) is 0 Å². The zero-order chi connectivity index (χ0) is 74.0. The molecule has 540 valence electrons. The highest BCUT2D eigenvalue weighted by molar-refractivity contribution is 5.82. The normalized spacial score (nSPS) is 10.1. The minimum Gasteiger partial charge on any atom is -0.324 e. The van der Waals surface area contributed by atoms with Crippen molar-refractivity contribution in [1.29, 1.82) is 0 Å². The highest BCUT2D eigenvalue weighted by Crippen LogP contribution is 2.12. The summed E-state index contributed by atoms with van der Waals surface area (Å²) in [7, 11) is 0. The molecule has 2 aromatic carbocycles. The molecule has 22 heterocycles. The summed E-state index contributed by atoms with van der Waals surface area (Å²) in [5.74, 6) is 0. The second-order valence-electron chi connectivity index (χ2n) is 22.9. The first kappa shape index (κ1) is 73.8. The summed E-state index contributed by atoms with van der Waals surface area (Å²) in [5, 5.41) is 26.6. The average molecular weight is 1450 g/mol. The van der Waals surface area contributed by atoms with E-state index in [0.29, 0.717) is 0 Å². The third-order valence-electron chi connectivity index (χ3n) is 15.7. The van der Waals surface area contributed by atoms with Crippen LogP contribution in [-0.4, -0.2) is 120 Å². The van der Waals surface area contributed by atoms with Crippen LogP contribution in [0, 0.1) is 0 Å². The molecule has 0 N–H and O–H groups in total. The maximum Gasteiger partial charge on any atom is 0.155 e. The van der Waals surface area contributed by atoms with Gasteiger partial charge in [-0.05, 0) is 175 Å². The van der Waals surface area contributed by atoms with E-state index in [9.17, 15) is 0 Å². The SMILES string of the molecule is C.c1cc2ccncn2c1.c1cc2ccnn2cn1.c1cc2cnccn2c1.c1ccc2ccccc2c1.c1ccn2cccc2c1.c1ccn2ccnc2c1.c1ccn2nccc2c1.c1ccn2ncnc2c1.c1cn2nccc2cn1.c1cnc2cccn2c1.c1cnc2ccnn2c1.c1cnn2cccc2c1. The Hall–Kier alpha value is -15.9. The number of hydrogen-bond donors (Lipinski definition) is 0. The monoisotopic (exact) mass is 1450 g/mol. The first-order valence-corrected chi connectivity index (χ1v) is 34.3. The van der Waals surface area contributed by atoms with Gasteiger partial charge in [-0.2, -0.15) is 30.6 Å². The van der Waals surface area contributed by atoms with Crippen molar-refractivity contribution in [2.24, 2.45) is 0 Å². The van der Waals surface area contributed by atoms with E-state index in [0.717, 1.165) is 50.2 Å². The van der Waals surface area contributed by atoms with Gasteiger partial charge < -0.3 is 22.0 Å². The van der Waals surface area contributed by atoms with Gasteiger partial charge >= 0.3 is 0 Å². The van der Waals surface area contributed by atoms with Crippen molar-refractivity contribution in [1.82, 2.24) is 120 Å². The Kier molecular flexibility index (Phi) is 26.6. The number of imidazole rings is 1. The highest BCUT2D eigenvalue weighted by atomic mass is 15.3. The first-order chi connectivity index (χ1) is 54.1. The smallest absolute Gasteiger partial charge is 0.155 e. The van der Waals surface area contributed by atoms with Gasteiger partial charge in [-0.15, -0.1) is 0 Å². The fraction of sp³-hybridized carbons (Fsp3) is 0.0118. The standard InChI is InChI=1S/C10H8.C8H7N.6C7H6N2.4C6H5N3.CH4/c1-2-6-10-8-4-3-7-9(10)5-1;1-2-6-9-7-3-5-8(9)4-1;1-3-7-8-4-2-6-9(7)5-1;1-3-7-4-2-6-9(7)8-5-1;1-2-7-3-4-8-6-9(7)5-1;1-2-7-6-8-3-5-9(7)4-1;1-2-6-9-7(3-1)4-5-8-9;1-2-5-9-6-4-8-7(9)3-1;1-3-7-5-9-6(1)2-4-8-9;1-3-7-6-2-4-8-9(6)5-1;1-2-8-9-4-3-7-5-6(1)9;1-2-4-9-6(3-1)7-5-8-9;/h1-8H;1-7H;6*1-6H;4*1-5H;1H4. The van der Waals surface area contributed by atoms with E-state index in [1.165, 1.54) is 28.1 Å². The fourth-order valence-corrected chi connectivity index (χ4v) is 10.4. The van der Waals surface area contributed by atoms with Gasteiger partial charge in [0, 0.05) is 160 Å². The highest BCUT2D eigenvalue weighted by Gasteiger charge is 1.95. The molecular weight excluding hydrogens is 1370 g/mol. The predicted octanol–water partition coefficient (Wildman–Crippen LogP) is 16.3. The zero-order valence-corrected chi connectivity index (χ0v) is 58.7. The maximum atomic E-state index is 4.10. The van der Waals surface area contributed by atoms with Crippen molar-refractivity contribution in [3.8, 4) is 0 Å². The van der Waals surface area contributed by atoms with E-state index >= 15 is 0 Å². The number of nitrogens with zero attached hydrogens (tertiary/aromatic N) is 25. The third-order valence-corrected chi connectivity index (χ3v) is 15.7. The molecule has 0 unspecified atom stereocenters. The van der Waals surface area contributed by atoms with Crippen molar-refractivity contribution in [3.63, 3.8) is 0 Å². The van der Waals surface area contributed by atoms with E-state index in [1.807, 2.05) is 302 Å². The van der Waals surface area contributed by atoms with Crippen LogP contribution < -0.4 is 0 Å². The molecule has 0 aliphatic rings. The second kappa shape index (κ2) is 39.7. The van der Waals surface area contributed by atoms with Crippen molar-refractivity contribution in [3.05, 3.63) is 435 Å². The van der Waals surface area contributed by atoms with Crippen LogP contribution in [-0.2, 0) is 0 Å². The molecule has 0 aliphatic carbocycles. The Morgan fingerprint density at radius 3 is 1.26 bits per heavy atom. The molecule has 0 aliphatic heterocycles. The van der Waals surface area contributed by atoms with E-state index in [-0.39, 0.29) is 7.43 Å². The van der Waals surface area contributed by atoms with Crippen LogP contribution in [0.15, 0.2) is 435 Å². The summed E-state index contributed by atoms with van der Waals surface area (Å²) < 4.78 is 20.6. The van der Waals surface area contributed by atoms with Crippen molar-refractivity contribution in [2.75, 3.05) is 0 Å². The largest absolute Gasteiger partial charge is 0.324 e. The molecule has 0 bridgehead atoms. The lowest BCUT2D eigenvalue weighted by atomic mass is 10.1. The molecule has 0 saturated heterocycles. The van der Waals surface area contributed by atoms with Gasteiger partial charge in [-0.3, -0.25) is 9.97 Å². The van der Waals surface area contributed by atoms with E-state index in [4.69, 9.17) is 0 Å². The Bertz CT molecular complexity index is 4970. The van der Waals surface area contributed by atoms with E-state index in [1.54, 1.807) is 111 Å². The van der Waals surface area contributed by atoms with Gasteiger partial charge in [0.05, 0.1) is 64.9 Å². The average Bonchev–Trinajstić information content (AvgIpc) is 1.88. The molecule has 0 radical (unpaired) electrons. The number of pyridine rings is 4. The Morgan fingerprint density at radius 1 is 0.182 bits per heavy atom. The number of fused-ring (bicyclic) bond motifs is 12. The minimum atomic E-state index is 0. The van der Waals surface area contributed by atoms with Crippen LogP contribution in [0.4, 0.5) is 0 Å². The Labute approximate surface area is 630 Å². The lowest BCUT2D eigenvalue weighted by molar-refractivity contribution is 0.921. The van der Waals surface area contributed by atoms with Gasteiger partial charge in [0.1, 0.15) is 23.9 Å². The summed E-state index contributed by atoms with van der Waals surface area (Å²) in [6, 6.07) is 79.9. The Balaban J connectivity index is 0.000000112. The van der Waals surface area contributed by atoms with Crippen molar-refractivity contribution >= 4 is 72.0 Å². The fourth-order valence-electron chi connectivity index (χ4n) is 10.4. The topological polar surface area (TPSA) is 229 Å². The predicted molar refractivity (Wildman–Crippen MR) is 431 cm³/mol. The lowest BCUT2D eigenvalue weighted by Crippen LogP contribution is -1.85. The number of aromatic nitrogens is 25. The van der Waals surface area contributed by atoms with Crippen LogP contribution in [0.1, 0.15) is 7.43 Å². The van der Waals surface area contributed by atoms with Gasteiger partial charge in [0.15, 0.2) is 11.3 Å². The number of rotatable bonds is 0. The summed E-state index contributed by atoms with van der Waals surface area (Å²) in [6.07, 6.45) is 56.9. The Morgan fingerprint density at radius 2 is 0.573 bits per heavy atom. The minimum absolute atomic E-state index is 0. The first-order valence-electron chi connectivity index (χ1n) is 34.3.